The number of carbonyl (C=O) groups excluding carboxylic acids is 1. The molecule has 0 aliphatic carbocycles. The Balaban J connectivity index is 0.000000290. The predicted molar refractivity (Wildman–Crippen MR) is 108 cm³/mol. The molecule has 0 aliphatic heterocycles. The van der Waals surface area contributed by atoms with E-state index in [4.69, 9.17) is 4.52 Å². The summed E-state index contributed by atoms with van der Waals surface area (Å²) < 4.78 is 18.8. The van der Waals surface area contributed by atoms with E-state index in [0.717, 1.165) is 0 Å². The van der Waals surface area contributed by atoms with Gasteiger partial charge in [-0.3, -0.25) is 9.36 Å². The summed E-state index contributed by atoms with van der Waals surface area (Å²) in [6, 6.07) is 26.1. The smallest absolute Gasteiger partial charge is 0.261 e. The van der Waals surface area contributed by atoms with Gasteiger partial charge in [0.15, 0.2) is 6.29 Å². The van der Waals surface area contributed by atoms with Gasteiger partial charge in [-0.2, -0.15) is 0 Å². The molecule has 0 N–H and O–H groups in total. The van der Waals surface area contributed by atoms with Crippen molar-refractivity contribution < 1.29 is 13.9 Å². The fourth-order valence-electron chi connectivity index (χ4n) is 2.48. The Hall–Kier alpha value is -2.48. The van der Waals surface area contributed by atoms with Gasteiger partial charge in [-0.15, -0.1) is 0 Å². The highest BCUT2D eigenvalue weighted by molar-refractivity contribution is 7.74. The van der Waals surface area contributed by atoms with Gasteiger partial charge >= 0.3 is 0 Å². The van der Waals surface area contributed by atoms with Crippen LogP contribution < -0.4 is 10.6 Å². The molecule has 0 bridgehead atoms. The highest BCUT2D eigenvalue weighted by Crippen LogP contribution is 2.45. The number of benzene rings is 3. The summed E-state index contributed by atoms with van der Waals surface area (Å²) >= 11 is 0. The van der Waals surface area contributed by atoms with Gasteiger partial charge in [0, 0.05) is 10.9 Å². The second-order valence-electron chi connectivity index (χ2n) is 5.64. The number of hydrogen-bond donors (Lipinski definition) is 0. The first-order valence-corrected chi connectivity index (χ1v) is 10.1. The largest absolute Gasteiger partial charge is 0.322 e. The van der Waals surface area contributed by atoms with Crippen LogP contribution in [-0.4, -0.2) is 12.9 Å². The zero-order valence-electron chi connectivity index (χ0n) is 15.0. The topological polar surface area (TPSA) is 43.4 Å². The SMILES string of the molecule is CCOP(=O)(c1ccccc1)c1ccccc1C=O.Cc1ccccc1. The molecule has 0 heterocycles. The van der Waals surface area contributed by atoms with E-state index in [1.165, 1.54) is 5.56 Å². The van der Waals surface area contributed by atoms with Crippen LogP contribution in [0.2, 0.25) is 0 Å². The third-order valence-corrected chi connectivity index (χ3v) is 6.37. The van der Waals surface area contributed by atoms with Crippen molar-refractivity contribution in [2.75, 3.05) is 6.61 Å². The third-order valence-electron chi connectivity index (χ3n) is 3.73. The Morgan fingerprint density at radius 2 is 1.38 bits per heavy atom. The highest BCUT2D eigenvalue weighted by atomic mass is 31.2. The van der Waals surface area contributed by atoms with E-state index >= 15 is 0 Å². The molecule has 1 atom stereocenters. The summed E-state index contributed by atoms with van der Waals surface area (Å²) in [5.74, 6) is 0. The summed E-state index contributed by atoms with van der Waals surface area (Å²) in [4.78, 5) is 11.1. The Kier molecular flexibility index (Phi) is 7.53. The van der Waals surface area contributed by atoms with Crippen molar-refractivity contribution in [2.24, 2.45) is 0 Å². The number of carbonyl (C=O) groups is 1. The van der Waals surface area contributed by atoms with E-state index in [2.05, 4.69) is 19.1 Å². The van der Waals surface area contributed by atoms with Gasteiger partial charge in [0.1, 0.15) is 0 Å². The minimum atomic E-state index is -3.21. The second-order valence-corrected chi connectivity index (χ2v) is 8.00. The highest BCUT2D eigenvalue weighted by Gasteiger charge is 2.30. The summed E-state index contributed by atoms with van der Waals surface area (Å²) in [7, 11) is -3.21. The van der Waals surface area contributed by atoms with Crippen LogP contribution in [0.5, 0.6) is 0 Å². The second kappa shape index (κ2) is 9.86. The average Bonchev–Trinajstić information content (AvgIpc) is 2.70. The summed E-state index contributed by atoms with van der Waals surface area (Å²) in [5.41, 5.74) is 1.73. The number of hydrogen-bond acceptors (Lipinski definition) is 3. The van der Waals surface area contributed by atoms with Crippen LogP contribution in [0.1, 0.15) is 22.8 Å². The maximum atomic E-state index is 13.2. The zero-order chi connectivity index (χ0) is 18.8. The van der Waals surface area contributed by atoms with Crippen molar-refractivity contribution in [1.82, 2.24) is 0 Å². The van der Waals surface area contributed by atoms with Gasteiger partial charge in [0.05, 0.1) is 11.9 Å². The molecule has 0 saturated heterocycles. The number of aryl methyl sites for hydroxylation is 1. The molecular formula is C22H23O3P. The van der Waals surface area contributed by atoms with Crippen molar-refractivity contribution in [3.05, 3.63) is 96.1 Å². The van der Waals surface area contributed by atoms with Crippen LogP contribution in [0.4, 0.5) is 0 Å². The van der Waals surface area contributed by atoms with Crippen molar-refractivity contribution >= 4 is 24.3 Å². The van der Waals surface area contributed by atoms with Gasteiger partial charge in [0.25, 0.3) is 7.37 Å². The van der Waals surface area contributed by atoms with Crippen LogP contribution in [0.15, 0.2) is 84.9 Å². The Morgan fingerprint density at radius 3 is 1.88 bits per heavy atom. The minimum absolute atomic E-state index is 0.319. The predicted octanol–water partition coefficient (Wildman–Crippen LogP) is 4.76. The fraction of sp³-hybridized carbons (Fsp3) is 0.136. The molecular weight excluding hydrogens is 343 g/mol. The third kappa shape index (κ3) is 5.01. The first-order chi connectivity index (χ1) is 12.6. The molecule has 1 unspecified atom stereocenters. The van der Waals surface area contributed by atoms with E-state index in [1.807, 2.05) is 36.4 Å². The molecule has 3 aromatic rings. The normalized spacial score (nSPS) is 12.4. The molecule has 0 radical (unpaired) electrons. The van der Waals surface area contributed by atoms with Crippen LogP contribution in [0.25, 0.3) is 0 Å². The van der Waals surface area contributed by atoms with Crippen LogP contribution >= 0.6 is 7.37 Å². The molecule has 3 rings (SSSR count). The van der Waals surface area contributed by atoms with Gasteiger partial charge in [0.2, 0.25) is 0 Å². The molecule has 0 spiro atoms. The van der Waals surface area contributed by atoms with E-state index in [9.17, 15) is 9.36 Å². The van der Waals surface area contributed by atoms with Crippen molar-refractivity contribution in [2.45, 2.75) is 13.8 Å². The Labute approximate surface area is 155 Å². The minimum Gasteiger partial charge on any atom is -0.322 e. The molecule has 0 aromatic heterocycles. The van der Waals surface area contributed by atoms with Crippen molar-refractivity contribution in [3.63, 3.8) is 0 Å². The van der Waals surface area contributed by atoms with E-state index in [-0.39, 0.29) is 0 Å². The van der Waals surface area contributed by atoms with Crippen molar-refractivity contribution in [3.8, 4) is 0 Å². The van der Waals surface area contributed by atoms with Gasteiger partial charge in [-0.1, -0.05) is 72.3 Å². The monoisotopic (exact) mass is 366 g/mol. The summed E-state index contributed by atoms with van der Waals surface area (Å²) in [6.45, 7) is 4.19. The molecule has 0 saturated carbocycles. The van der Waals surface area contributed by atoms with E-state index in [0.29, 0.717) is 29.1 Å². The molecule has 0 amide bonds. The lowest BCUT2D eigenvalue weighted by Crippen LogP contribution is -2.21. The lowest BCUT2D eigenvalue weighted by Gasteiger charge is -2.19. The van der Waals surface area contributed by atoms with Gasteiger partial charge in [-0.25, -0.2) is 0 Å². The lowest BCUT2D eigenvalue weighted by atomic mass is 10.2. The maximum absolute atomic E-state index is 13.2. The quantitative estimate of drug-likeness (QED) is 0.483. The molecule has 134 valence electrons. The van der Waals surface area contributed by atoms with Crippen LogP contribution in [0.3, 0.4) is 0 Å². The molecule has 0 aliphatic rings. The van der Waals surface area contributed by atoms with Gasteiger partial charge < -0.3 is 4.52 Å². The Bertz CT molecular complexity index is 861. The van der Waals surface area contributed by atoms with Crippen LogP contribution in [0, 0.1) is 6.92 Å². The first-order valence-electron chi connectivity index (χ1n) is 8.48. The standard InChI is InChI=1S/C15H15O3P.C7H8/c1-2-18-19(17,14-9-4-3-5-10-14)15-11-7-6-8-13(15)12-16;1-7-5-3-2-4-6-7/h3-12H,2H2,1H3;2-6H,1H3. The maximum Gasteiger partial charge on any atom is 0.261 e. The fourth-order valence-corrected chi connectivity index (χ4v) is 4.72. The molecule has 26 heavy (non-hydrogen) atoms. The molecule has 0 fully saturated rings. The summed E-state index contributed by atoms with van der Waals surface area (Å²) in [6.07, 6.45) is 0.712. The lowest BCUT2D eigenvalue weighted by molar-refractivity contribution is 0.112. The number of rotatable bonds is 5. The average molecular weight is 366 g/mol. The summed E-state index contributed by atoms with van der Waals surface area (Å²) in [5, 5.41) is 1.06. The first kappa shape index (κ1) is 19.8. The van der Waals surface area contributed by atoms with Crippen molar-refractivity contribution in [1.29, 1.82) is 0 Å². The zero-order valence-corrected chi connectivity index (χ0v) is 15.9. The molecule has 3 aromatic carbocycles. The number of aldehydes is 1. The van der Waals surface area contributed by atoms with Crippen LogP contribution in [-0.2, 0) is 9.09 Å². The Morgan fingerprint density at radius 1 is 0.846 bits per heavy atom. The van der Waals surface area contributed by atoms with E-state index in [1.54, 1.807) is 43.3 Å². The molecule has 3 nitrogen and oxygen atoms in total. The molecule has 4 heteroatoms. The van der Waals surface area contributed by atoms with Gasteiger partial charge in [-0.05, 0) is 32.0 Å². The van der Waals surface area contributed by atoms with E-state index < -0.39 is 7.37 Å².